The molecule has 0 atom stereocenters. The van der Waals surface area contributed by atoms with Gasteiger partial charge in [0.15, 0.2) is 5.78 Å². The zero-order valence-electron chi connectivity index (χ0n) is 17.5. The highest BCUT2D eigenvalue weighted by molar-refractivity contribution is 6.32. The number of nitrogens with zero attached hydrogens (tertiary/aromatic N) is 1. The topological polar surface area (TPSA) is 108 Å². The van der Waals surface area contributed by atoms with Gasteiger partial charge in [-0.2, -0.15) is 13.2 Å². The third-order valence-electron chi connectivity index (χ3n) is 4.66. The Bertz CT molecular complexity index is 1280. The van der Waals surface area contributed by atoms with Gasteiger partial charge in [-0.05, 0) is 48.4 Å². The highest BCUT2D eigenvalue weighted by atomic mass is 35.5. The van der Waals surface area contributed by atoms with Crippen LogP contribution in [0.15, 0.2) is 54.7 Å². The number of carboxylic acid groups (broad SMARTS) is 1. The van der Waals surface area contributed by atoms with E-state index < -0.39 is 46.7 Å². The Hall–Kier alpha value is -3.92. The maximum Gasteiger partial charge on any atom is 0.417 e. The molecule has 3 aromatic rings. The van der Waals surface area contributed by atoms with Gasteiger partial charge in [-0.1, -0.05) is 29.8 Å². The predicted molar refractivity (Wildman–Crippen MR) is 120 cm³/mol. The van der Waals surface area contributed by atoms with Crippen molar-refractivity contribution < 1.29 is 32.7 Å². The Kier molecular flexibility index (Phi) is 7.21. The molecule has 0 bridgehead atoms. The van der Waals surface area contributed by atoms with Crippen LogP contribution in [0.4, 0.5) is 29.3 Å². The standard InChI is InChI=1S/C23H17ClF3N3O4/c1-12-7-14(5-6-28-12)13-3-2-4-15(8-13)20(31)11-21(32)29-18-9-16(23(25,26)27)17(24)10-19(18)30-22(33)34/h2-10,30H,11H2,1H3,(H,29,32)(H,33,34). The van der Waals surface area contributed by atoms with Crippen molar-refractivity contribution in [3.8, 4) is 11.1 Å². The Morgan fingerprint density at radius 1 is 1.00 bits per heavy atom. The van der Waals surface area contributed by atoms with E-state index in [9.17, 15) is 27.6 Å². The molecule has 0 fully saturated rings. The van der Waals surface area contributed by atoms with Crippen molar-refractivity contribution in [3.63, 3.8) is 0 Å². The lowest BCUT2D eigenvalue weighted by atomic mass is 10.0. The van der Waals surface area contributed by atoms with Crippen molar-refractivity contribution in [1.29, 1.82) is 0 Å². The minimum atomic E-state index is -4.85. The molecule has 2 amide bonds. The van der Waals surface area contributed by atoms with Crippen LogP contribution in [0.3, 0.4) is 0 Å². The molecule has 176 valence electrons. The molecule has 7 nitrogen and oxygen atoms in total. The molecular weight excluding hydrogens is 475 g/mol. The van der Waals surface area contributed by atoms with Crippen molar-refractivity contribution in [2.75, 3.05) is 10.6 Å². The van der Waals surface area contributed by atoms with Gasteiger partial charge < -0.3 is 10.4 Å². The van der Waals surface area contributed by atoms with Crippen molar-refractivity contribution in [2.24, 2.45) is 0 Å². The maximum absolute atomic E-state index is 13.2. The number of amides is 2. The van der Waals surface area contributed by atoms with E-state index >= 15 is 0 Å². The van der Waals surface area contributed by atoms with Crippen LogP contribution < -0.4 is 10.6 Å². The van der Waals surface area contributed by atoms with E-state index in [0.717, 1.165) is 22.9 Å². The fourth-order valence-corrected chi connectivity index (χ4v) is 3.42. The zero-order chi connectivity index (χ0) is 25.0. The number of halogens is 4. The van der Waals surface area contributed by atoms with Gasteiger partial charge in [-0.15, -0.1) is 0 Å². The summed E-state index contributed by atoms with van der Waals surface area (Å²) in [5.74, 6) is -1.51. The molecule has 1 aromatic heterocycles. The molecule has 0 aliphatic heterocycles. The number of carbonyl (C=O) groups excluding carboxylic acids is 2. The molecule has 1 heterocycles. The quantitative estimate of drug-likeness (QED) is 0.288. The number of benzene rings is 2. The smallest absolute Gasteiger partial charge is 0.417 e. The highest BCUT2D eigenvalue weighted by Gasteiger charge is 2.34. The van der Waals surface area contributed by atoms with Crippen LogP contribution >= 0.6 is 11.6 Å². The minimum absolute atomic E-state index is 0.220. The van der Waals surface area contributed by atoms with E-state index in [1.165, 1.54) is 6.07 Å². The molecule has 0 saturated heterocycles. The lowest BCUT2D eigenvalue weighted by molar-refractivity contribution is -0.137. The number of hydrogen-bond acceptors (Lipinski definition) is 4. The third-order valence-corrected chi connectivity index (χ3v) is 4.98. The summed E-state index contributed by atoms with van der Waals surface area (Å²) < 4.78 is 39.6. The maximum atomic E-state index is 13.2. The Balaban J connectivity index is 1.82. The van der Waals surface area contributed by atoms with Crippen molar-refractivity contribution in [1.82, 2.24) is 4.98 Å². The van der Waals surface area contributed by atoms with Gasteiger partial charge in [0.05, 0.1) is 28.4 Å². The number of anilines is 2. The lowest BCUT2D eigenvalue weighted by Crippen LogP contribution is -2.19. The molecule has 0 spiro atoms. The van der Waals surface area contributed by atoms with E-state index in [2.05, 4.69) is 10.3 Å². The van der Waals surface area contributed by atoms with Crippen molar-refractivity contribution in [3.05, 3.63) is 76.6 Å². The first kappa shape index (κ1) is 24.7. The summed E-state index contributed by atoms with van der Waals surface area (Å²) in [7, 11) is 0. The van der Waals surface area contributed by atoms with E-state index in [-0.39, 0.29) is 11.3 Å². The van der Waals surface area contributed by atoms with E-state index in [1.54, 1.807) is 30.5 Å². The van der Waals surface area contributed by atoms with E-state index in [0.29, 0.717) is 6.07 Å². The second kappa shape index (κ2) is 9.92. The Labute approximate surface area is 196 Å². The van der Waals surface area contributed by atoms with Crippen LogP contribution in [0.1, 0.15) is 28.0 Å². The summed E-state index contributed by atoms with van der Waals surface area (Å²) in [6.45, 7) is 1.82. The van der Waals surface area contributed by atoms with Crippen LogP contribution in [0.5, 0.6) is 0 Å². The number of Topliss-reactive ketones (excluding diaryl/α,β-unsaturated/α-hetero) is 1. The molecular formula is C23H17ClF3N3O4. The first-order valence-corrected chi connectivity index (χ1v) is 10.1. The summed E-state index contributed by atoms with van der Waals surface area (Å²) in [6.07, 6.45) is -5.49. The summed E-state index contributed by atoms with van der Waals surface area (Å²) in [5, 5.41) is 12.2. The van der Waals surface area contributed by atoms with Crippen molar-refractivity contribution in [2.45, 2.75) is 19.5 Å². The lowest BCUT2D eigenvalue weighted by Gasteiger charge is -2.16. The summed E-state index contributed by atoms with van der Waals surface area (Å²) in [4.78, 5) is 40.2. The Morgan fingerprint density at radius 2 is 1.68 bits per heavy atom. The number of rotatable bonds is 6. The molecule has 0 aliphatic carbocycles. The third kappa shape index (κ3) is 6.10. The number of hydrogen-bond donors (Lipinski definition) is 3. The number of pyridine rings is 1. The average Bonchev–Trinajstić information content (AvgIpc) is 2.74. The monoisotopic (exact) mass is 491 g/mol. The zero-order valence-corrected chi connectivity index (χ0v) is 18.3. The van der Waals surface area contributed by atoms with Crippen LogP contribution in [0, 0.1) is 6.92 Å². The van der Waals surface area contributed by atoms with Crippen LogP contribution in [0.2, 0.25) is 5.02 Å². The van der Waals surface area contributed by atoms with Gasteiger partial charge in [0, 0.05) is 17.5 Å². The highest BCUT2D eigenvalue weighted by Crippen LogP contribution is 2.39. The Morgan fingerprint density at radius 3 is 2.32 bits per heavy atom. The molecule has 11 heteroatoms. The number of alkyl halides is 3. The van der Waals surface area contributed by atoms with E-state index in [1.807, 2.05) is 18.3 Å². The van der Waals surface area contributed by atoms with Gasteiger partial charge in [-0.25, -0.2) is 4.79 Å². The van der Waals surface area contributed by atoms with Crippen LogP contribution in [0.25, 0.3) is 11.1 Å². The first-order chi connectivity index (χ1) is 15.9. The second-order valence-corrected chi connectivity index (χ2v) is 7.63. The average molecular weight is 492 g/mol. The second-order valence-electron chi connectivity index (χ2n) is 7.22. The molecule has 3 N–H and O–H groups in total. The van der Waals surface area contributed by atoms with Gasteiger partial charge in [0.25, 0.3) is 0 Å². The first-order valence-electron chi connectivity index (χ1n) is 9.71. The van der Waals surface area contributed by atoms with Gasteiger partial charge >= 0.3 is 12.3 Å². The number of carbonyl (C=O) groups is 3. The number of nitrogens with one attached hydrogen (secondary N) is 2. The fraction of sp³-hybridized carbons (Fsp3) is 0.130. The van der Waals surface area contributed by atoms with E-state index in [4.69, 9.17) is 16.7 Å². The summed E-state index contributed by atoms with van der Waals surface area (Å²) >= 11 is 5.62. The molecule has 0 radical (unpaired) electrons. The summed E-state index contributed by atoms with van der Waals surface area (Å²) in [5.41, 5.74) is 0.402. The number of ketones is 1. The largest absolute Gasteiger partial charge is 0.465 e. The SMILES string of the molecule is Cc1cc(-c2cccc(C(=O)CC(=O)Nc3cc(C(F)(F)F)c(Cl)cc3NC(=O)O)c2)ccn1. The normalized spacial score (nSPS) is 11.1. The number of aromatic nitrogens is 1. The van der Waals surface area contributed by atoms with Gasteiger partial charge in [-0.3, -0.25) is 19.9 Å². The van der Waals surface area contributed by atoms with Gasteiger partial charge in [0.1, 0.15) is 0 Å². The molecule has 3 rings (SSSR count). The molecule has 34 heavy (non-hydrogen) atoms. The molecule has 2 aromatic carbocycles. The van der Waals surface area contributed by atoms with Crippen LogP contribution in [-0.4, -0.2) is 27.9 Å². The summed E-state index contributed by atoms with van der Waals surface area (Å²) in [6, 6.07) is 11.3. The van der Waals surface area contributed by atoms with Gasteiger partial charge in [0.2, 0.25) is 5.91 Å². The molecule has 0 aliphatic rings. The molecule has 0 saturated carbocycles. The number of aryl methyl sites for hydroxylation is 1. The predicted octanol–water partition coefficient (Wildman–Crippen LogP) is 6.03. The minimum Gasteiger partial charge on any atom is -0.465 e. The van der Waals surface area contributed by atoms with Crippen LogP contribution in [-0.2, 0) is 11.0 Å². The molecule has 0 unspecified atom stereocenters. The van der Waals surface area contributed by atoms with Crippen molar-refractivity contribution >= 4 is 40.8 Å². The fourth-order valence-electron chi connectivity index (χ4n) is 3.15.